The van der Waals surface area contributed by atoms with Crippen molar-refractivity contribution >= 4 is 19.4 Å². The van der Waals surface area contributed by atoms with Crippen molar-refractivity contribution in [2.75, 3.05) is 0 Å². The second-order valence-corrected chi connectivity index (χ2v) is 0. The molecular formula is CH8BCrCuFeNbSi. The fourth-order valence-electron chi connectivity index (χ4n) is 0. The molecule has 0 heterocycles. The molecule has 0 spiro atoms. The fraction of sp³-hybridized carbons (Fsp3) is 1.00. The van der Waals surface area contributed by atoms with E-state index in [1.54, 1.807) is 0 Å². The van der Waals surface area contributed by atoms with Crippen LogP contribution in [0.25, 0.3) is 0 Å². The zero-order chi connectivity index (χ0) is 0. The Morgan fingerprint density at radius 2 is 1.00 bits per heavy atom. The van der Waals surface area contributed by atoms with Crippen LogP contribution in [0.5, 0.6) is 0 Å². The molecule has 0 unspecified atom stereocenters. The van der Waals surface area contributed by atoms with Gasteiger partial charge in [-0.05, 0) is 11.0 Å². The summed E-state index contributed by atoms with van der Waals surface area (Å²) in [5.74, 6) is 0. The van der Waals surface area contributed by atoms with Crippen LogP contribution in [-0.2, 0) is 73.9 Å². The Morgan fingerprint density at radius 1 is 1.00 bits per heavy atom. The molecule has 0 N–H and O–H groups in total. The Kier molecular flexibility index (Phi) is 1110. The summed E-state index contributed by atoms with van der Waals surface area (Å²) in [5.41, 5.74) is 0. The van der Waals surface area contributed by atoms with Crippen molar-refractivity contribution in [2.45, 2.75) is 7.43 Å². The molecule has 0 saturated heterocycles. The van der Waals surface area contributed by atoms with Crippen LogP contribution >= 0.6 is 0 Å². The van der Waals surface area contributed by atoms with Gasteiger partial charge in [0.15, 0.2) is 0 Å². The average Bonchev–Trinajstić information content (AvgIpc) is 0. The van der Waals surface area contributed by atoms with Gasteiger partial charge in [0, 0.05) is 82.3 Å². The third kappa shape index (κ3) is 55.5. The zero-order valence-corrected chi connectivity index (χ0v) is 7.61. The Labute approximate surface area is 99.5 Å². The maximum absolute atomic E-state index is 0. The molecule has 0 nitrogen and oxygen atoms in total. The van der Waals surface area contributed by atoms with Gasteiger partial charge >= 0.3 is 0 Å². The van der Waals surface area contributed by atoms with Gasteiger partial charge in [0.2, 0.25) is 0 Å². The Bertz CT molecular complexity index is 19.7. The summed E-state index contributed by atoms with van der Waals surface area (Å²) in [6.45, 7) is 0. The standard InChI is InChI=1S/CH4.B.Cr.Cu.Fe.Nb.H4Si/h1H4;;;;;;1H4. The molecule has 0 atom stereocenters. The maximum atomic E-state index is 0. The van der Waals surface area contributed by atoms with E-state index in [4.69, 9.17) is 0 Å². The minimum Gasteiger partial charge on any atom is -0.0776 e. The molecule has 0 rings (SSSR count). The van der Waals surface area contributed by atoms with Crippen molar-refractivity contribution in [1.82, 2.24) is 0 Å². The zero-order valence-electron chi connectivity index (χ0n) is 2.09. The first-order valence-electron chi connectivity index (χ1n) is 0. The van der Waals surface area contributed by atoms with E-state index in [0.717, 1.165) is 0 Å². The maximum Gasteiger partial charge on any atom is 0 e. The summed E-state index contributed by atoms with van der Waals surface area (Å²) >= 11 is 0. The Balaban J connectivity index is 0. The van der Waals surface area contributed by atoms with Gasteiger partial charge in [-0.1, -0.05) is 7.43 Å². The number of hydrogen-bond donors (Lipinski definition) is 0. The van der Waals surface area contributed by atoms with E-state index in [0.29, 0.717) is 0 Å². The average molecular weight is 323 g/mol. The molecule has 0 saturated carbocycles. The molecule has 0 aromatic rings. The second-order valence-electron chi connectivity index (χ2n) is 0. The normalized spacial score (nSPS) is 0. The van der Waals surface area contributed by atoms with Crippen molar-refractivity contribution in [2.24, 2.45) is 0 Å². The van der Waals surface area contributed by atoms with Gasteiger partial charge in [-0.15, -0.1) is 0 Å². The quantitative estimate of drug-likeness (QED) is 0.491. The summed E-state index contributed by atoms with van der Waals surface area (Å²) in [6, 6.07) is 0. The molecule has 0 aliphatic carbocycles. The van der Waals surface area contributed by atoms with Crippen molar-refractivity contribution < 1.29 is 73.9 Å². The van der Waals surface area contributed by atoms with E-state index in [1.807, 2.05) is 0 Å². The van der Waals surface area contributed by atoms with Crippen molar-refractivity contribution in [3.8, 4) is 0 Å². The summed E-state index contributed by atoms with van der Waals surface area (Å²) in [4.78, 5) is 0. The minimum absolute atomic E-state index is 0. The van der Waals surface area contributed by atoms with Crippen LogP contribution in [0.3, 0.4) is 0 Å². The molecular weight excluding hydrogens is 315 g/mol. The van der Waals surface area contributed by atoms with Crippen LogP contribution in [0.1, 0.15) is 7.43 Å². The molecule has 5 radical (unpaired) electrons. The predicted molar refractivity (Wildman–Crippen MR) is 23.8 cm³/mol. The van der Waals surface area contributed by atoms with Crippen LogP contribution < -0.4 is 0 Å². The molecule has 0 amide bonds. The first-order valence-corrected chi connectivity index (χ1v) is 0. The van der Waals surface area contributed by atoms with Gasteiger partial charge in [-0.25, -0.2) is 0 Å². The van der Waals surface area contributed by atoms with Crippen molar-refractivity contribution in [3.05, 3.63) is 0 Å². The van der Waals surface area contributed by atoms with E-state index in [-0.39, 0.29) is 101 Å². The topological polar surface area (TPSA) is 0 Å². The third-order valence-electron chi connectivity index (χ3n) is 0. The van der Waals surface area contributed by atoms with Crippen LogP contribution in [-0.4, -0.2) is 19.4 Å². The van der Waals surface area contributed by atoms with Crippen LogP contribution in [0.4, 0.5) is 0 Å². The molecule has 0 bridgehead atoms. The van der Waals surface area contributed by atoms with Crippen LogP contribution in [0.15, 0.2) is 0 Å². The third-order valence-corrected chi connectivity index (χ3v) is 0. The number of hydrogen-bond acceptors (Lipinski definition) is 0. The van der Waals surface area contributed by atoms with E-state index < -0.39 is 0 Å². The minimum atomic E-state index is 0. The van der Waals surface area contributed by atoms with E-state index in [1.165, 1.54) is 0 Å². The molecule has 0 aliphatic heterocycles. The summed E-state index contributed by atoms with van der Waals surface area (Å²) in [7, 11) is 0. The van der Waals surface area contributed by atoms with Gasteiger partial charge in [-0.3, -0.25) is 0 Å². The molecule has 0 aromatic heterocycles. The SMILES string of the molecule is C.[B].[Cr].[Cu].[Fe].[Nb].[SiH4]. The van der Waals surface area contributed by atoms with Gasteiger partial charge in [0.05, 0.1) is 0 Å². The van der Waals surface area contributed by atoms with E-state index in [2.05, 4.69) is 0 Å². The molecule has 6 heteroatoms. The largest absolute Gasteiger partial charge is 0.0776 e. The first kappa shape index (κ1) is 105. The monoisotopic (exact) mass is 323 g/mol. The first-order chi connectivity index (χ1) is 0. The smallest absolute Gasteiger partial charge is 0 e. The predicted octanol–water partition coefficient (Wildman–Crippen LogP) is -1.21. The summed E-state index contributed by atoms with van der Waals surface area (Å²) in [5, 5.41) is 0. The molecule has 0 aromatic carbocycles. The van der Waals surface area contributed by atoms with Gasteiger partial charge < -0.3 is 0 Å². The second kappa shape index (κ2) is 73.7. The van der Waals surface area contributed by atoms with Crippen LogP contribution in [0, 0.1) is 0 Å². The van der Waals surface area contributed by atoms with Gasteiger partial charge in [0.1, 0.15) is 0 Å². The molecule has 7 heavy (non-hydrogen) atoms. The van der Waals surface area contributed by atoms with E-state index >= 15 is 0 Å². The molecule has 0 fully saturated rings. The van der Waals surface area contributed by atoms with Gasteiger partial charge in [-0.2, -0.15) is 0 Å². The van der Waals surface area contributed by atoms with Gasteiger partial charge in [0.25, 0.3) is 0 Å². The fourth-order valence-corrected chi connectivity index (χ4v) is 0. The van der Waals surface area contributed by atoms with Crippen LogP contribution in [0.2, 0.25) is 0 Å². The number of rotatable bonds is 0. The van der Waals surface area contributed by atoms with Crippen molar-refractivity contribution in [3.63, 3.8) is 0 Å². The molecule has 49 valence electrons. The molecule has 0 aliphatic rings. The summed E-state index contributed by atoms with van der Waals surface area (Å²) < 4.78 is 0. The summed E-state index contributed by atoms with van der Waals surface area (Å²) in [6.07, 6.45) is 0. The van der Waals surface area contributed by atoms with Crippen molar-refractivity contribution in [1.29, 1.82) is 0 Å². The Hall–Kier alpha value is 2.59. The van der Waals surface area contributed by atoms with E-state index in [9.17, 15) is 0 Å². The Morgan fingerprint density at radius 3 is 1.00 bits per heavy atom.